The van der Waals surface area contributed by atoms with Gasteiger partial charge < -0.3 is 15.8 Å². The van der Waals surface area contributed by atoms with Gasteiger partial charge in [0.25, 0.3) is 0 Å². The normalized spacial score (nSPS) is 14.5. The molecule has 128 valence electrons. The maximum absolute atomic E-state index is 12.1. The second-order valence-corrected chi connectivity index (χ2v) is 6.20. The van der Waals surface area contributed by atoms with Crippen LogP contribution in [-0.2, 0) is 4.79 Å². The van der Waals surface area contributed by atoms with Crippen LogP contribution >= 0.6 is 0 Å². The number of ether oxygens (including phenoxy) is 1. The number of nitrogens with one attached hydrogen (secondary N) is 1. The van der Waals surface area contributed by atoms with Crippen LogP contribution in [0, 0.1) is 5.92 Å². The van der Waals surface area contributed by atoms with E-state index in [-0.39, 0.29) is 23.9 Å². The van der Waals surface area contributed by atoms with Crippen molar-refractivity contribution >= 4 is 5.91 Å². The van der Waals surface area contributed by atoms with E-state index in [0.717, 1.165) is 22.4 Å². The zero-order chi connectivity index (χ0) is 17.7. The van der Waals surface area contributed by atoms with Crippen LogP contribution in [0.5, 0.6) is 5.75 Å². The lowest BCUT2D eigenvalue weighted by molar-refractivity contribution is -0.125. The van der Waals surface area contributed by atoms with Gasteiger partial charge in [-0.25, -0.2) is 0 Å². The summed E-state index contributed by atoms with van der Waals surface area (Å²) >= 11 is 0. The highest BCUT2D eigenvalue weighted by Gasteiger charge is 2.19. The molecule has 4 nitrogen and oxygen atoms in total. The van der Waals surface area contributed by atoms with E-state index in [9.17, 15) is 4.79 Å². The van der Waals surface area contributed by atoms with Crippen LogP contribution in [-0.4, -0.2) is 19.1 Å². The number of methoxy groups -OCH3 is 1. The number of nitrogens with two attached hydrogens (primary N) is 1. The molecule has 0 aliphatic rings. The van der Waals surface area contributed by atoms with Gasteiger partial charge in [0.05, 0.1) is 13.2 Å². The molecule has 3 N–H and O–H groups in total. The molecule has 2 aromatic carbocycles. The third kappa shape index (κ3) is 4.15. The Kier molecular flexibility index (Phi) is 5.99. The first-order chi connectivity index (χ1) is 11.4. The molecule has 0 aliphatic heterocycles. The first-order valence-corrected chi connectivity index (χ1v) is 8.23. The minimum Gasteiger partial charge on any atom is -0.496 e. The van der Waals surface area contributed by atoms with E-state index < -0.39 is 0 Å². The molecule has 0 saturated carbocycles. The van der Waals surface area contributed by atoms with E-state index in [0.29, 0.717) is 0 Å². The number of para-hydroxylation sites is 1. The predicted octanol–water partition coefficient (Wildman–Crippen LogP) is 3.52. The Hall–Kier alpha value is -2.33. The molecule has 2 rings (SSSR count). The van der Waals surface area contributed by atoms with Crippen molar-refractivity contribution in [2.45, 2.75) is 32.9 Å². The number of hydrogen-bond donors (Lipinski definition) is 2. The molecule has 4 heteroatoms. The summed E-state index contributed by atoms with van der Waals surface area (Å²) in [5.41, 5.74) is 8.98. The van der Waals surface area contributed by atoms with E-state index >= 15 is 0 Å². The van der Waals surface area contributed by atoms with Gasteiger partial charge in [-0.2, -0.15) is 0 Å². The number of carbonyl (C=O) groups is 1. The Morgan fingerprint density at radius 2 is 1.67 bits per heavy atom. The summed E-state index contributed by atoms with van der Waals surface area (Å²) in [7, 11) is 1.67. The standard InChI is InChI=1S/C20H26N2O2/c1-13(14(2)21)20(23)22-15(3)16-9-11-17(12-10-16)18-7-5-6-8-19(18)24-4/h5-15H,21H2,1-4H3,(H,22,23). The number of rotatable bonds is 6. The van der Waals surface area contributed by atoms with E-state index in [4.69, 9.17) is 10.5 Å². The molecular formula is C20H26N2O2. The second kappa shape index (κ2) is 7.97. The van der Waals surface area contributed by atoms with Crippen LogP contribution in [0.15, 0.2) is 48.5 Å². The minimum atomic E-state index is -0.208. The zero-order valence-electron chi connectivity index (χ0n) is 14.7. The van der Waals surface area contributed by atoms with Crippen molar-refractivity contribution in [1.82, 2.24) is 5.32 Å². The average molecular weight is 326 g/mol. The zero-order valence-corrected chi connectivity index (χ0v) is 14.7. The molecular weight excluding hydrogens is 300 g/mol. The summed E-state index contributed by atoms with van der Waals surface area (Å²) in [5.74, 6) is 0.615. The van der Waals surface area contributed by atoms with Gasteiger partial charge in [-0.05, 0) is 31.0 Å². The van der Waals surface area contributed by atoms with Crippen molar-refractivity contribution in [3.05, 3.63) is 54.1 Å². The Bertz CT molecular complexity index is 680. The molecule has 0 fully saturated rings. The van der Waals surface area contributed by atoms with Crippen LogP contribution in [0.3, 0.4) is 0 Å². The molecule has 2 aromatic rings. The summed E-state index contributed by atoms with van der Waals surface area (Å²) in [6.07, 6.45) is 0. The lowest BCUT2D eigenvalue weighted by Gasteiger charge is -2.20. The second-order valence-electron chi connectivity index (χ2n) is 6.20. The Balaban J connectivity index is 2.13. The molecule has 3 atom stereocenters. The van der Waals surface area contributed by atoms with Gasteiger partial charge in [-0.15, -0.1) is 0 Å². The number of hydrogen-bond acceptors (Lipinski definition) is 3. The molecule has 0 heterocycles. The molecule has 3 unspecified atom stereocenters. The fourth-order valence-corrected chi connectivity index (χ4v) is 2.50. The molecule has 0 spiro atoms. The Morgan fingerprint density at radius 3 is 2.25 bits per heavy atom. The first kappa shape index (κ1) is 18.0. The van der Waals surface area contributed by atoms with E-state index in [1.54, 1.807) is 7.11 Å². The number of amides is 1. The average Bonchev–Trinajstić information content (AvgIpc) is 2.60. The van der Waals surface area contributed by atoms with Crippen LogP contribution < -0.4 is 15.8 Å². The van der Waals surface area contributed by atoms with E-state index in [1.807, 2.05) is 69.3 Å². The largest absolute Gasteiger partial charge is 0.496 e. The van der Waals surface area contributed by atoms with Gasteiger partial charge in [-0.1, -0.05) is 49.4 Å². The molecule has 24 heavy (non-hydrogen) atoms. The monoisotopic (exact) mass is 326 g/mol. The predicted molar refractivity (Wildman–Crippen MR) is 97.8 cm³/mol. The lowest BCUT2D eigenvalue weighted by atomic mass is 9.99. The van der Waals surface area contributed by atoms with Crippen molar-refractivity contribution < 1.29 is 9.53 Å². The summed E-state index contributed by atoms with van der Waals surface area (Å²) in [4.78, 5) is 12.1. The third-order valence-electron chi connectivity index (χ3n) is 4.39. The highest BCUT2D eigenvalue weighted by atomic mass is 16.5. The lowest BCUT2D eigenvalue weighted by Crippen LogP contribution is -2.39. The molecule has 0 radical (unpaired) electrons. The Morgan fingerprint density at radius 1 is 1.04 bits per heavy atom. The highest BCUT2D eigenvalue weighted by molar-refractivity contribution is 5.79. The van der Waals surface area contributed by atoms with Crippen molar-refractivity contribution in [2.75, 3.05) is 7.11 Å². The van der Waals surface area contributed by atoms with Crippen LogP contribution in [0.25, 0.3) is 11.1 Å². The molecule has 0 aliphatic carbocycles. The third-order valence-corrected chi connectivity index (χ3v) is 4.39. The minimum absolute atomic E-state index is 0.0219. The topological polar surface area (TPSA) is 64.3 Å². The summed E-state index contributed by atoms with van der Waals surface area (Å²) in [6, 6.07) is 15.8. The van der Waals surface area contributed by atoms with Gasteiger partial charge in [-0.3, -0.25) is 4.79 Å². The maximum atomic E-state index is 12.1. The SMILES string of the molecule is COc1ccccc1-c1ccc(C(C)NC(=O)C(C)C(C)N)cc1. The van der Waals surface area contributed by atoms with Crippen LogP contribution in [0.2, 0.25) is 0 Å². The first-order valence-electron chi connectivity index (χ1n) is 8.23. The molecule has 0 bridgehead atoms. The van der Waals surface area contributed by atoms with Crippen molar-refractivity contribution in [3.63, 3.8) is 0 Å². The smallest absolute Gasteiger partial charge is 0.224 e. The van der Waals surface area contributed by atoms with Crippen molar-refractivity contribution in [1.29, 1.82) is 0 Å². The number of benzene rings is 2. The summed E-state index contributed by atoms with van der Waals surface area (Å²) < 4.78 is 5.41. The highest BCUT2D eigenvalue weighted by Crippen LogP contribution is 2.30. The Labute approximate surface area is 144 Å². The molecule has 1 amide bonds. The van der Waals surface area contributed by atoms with Gasteiger partial charge >= 0.3 is 0 Å². The maximum Gasteiger partial charge on any atom is 0.224 e. The van der Waals surface area contributed by atoms with E-state index in [2.05, 4.69) is 5.32 Å². The van der Waals surface area contributed by atoms with Gasteiger partial charge in [0, 0.05) is 17.5 Å². The quantitative estimate of drug-likeness (QED) is 0.853. The fraction of sp³-hybridized carbons (Fsp3) is 0.350. The summed E-state index contributed by atoms with van der Waals surface area (Å²) in [6.45, 7) is 5.67. The molecule has 0 saturated heterocycles. The van der Waals surface area contributed by atoms with Crippen LogP contribution in [0.4, 0.5) is 0 Å². The van der Waals surface area contributed by atoms with Gasteiger partial charge in [0.1, 0.15) is 5.75 Å². The summed E-state index contributed by atoms with van der Waals surface area (Å²) in [5, 5.41) is 3.02. The number of carbonyl (C=O) groups excluding carboxylic acids is 1. The van der Waals surface area contributed by atoms with E-state index in [1.165, 1.54) is 0 Å². The van der Waals surface area contributed by atoms with Crippen LogP contribution in [0.1, 0.15) is 32.4 Å². The van der Waals surface area contributed by atoms with Gasteiger partial charge in [0.15, 0.2) is 0 Å². The van der Waals surface area contributed by atoms with Gasteiger partial charge in [0.2, 0.25) is 5.91 Å². The molecule has 0 aromatic heterocycles. The van der Waals surface area contributed by atoms with Crippen molar-refractivity contribution in [3.8, 4) is 16.9 Å². The fourth-order valence-electron chi connectivity index (χ4n) is 2.50. The van der Waals surface area contributed by atoms with Crippen molar-refractivity contribution in [2.24, 2.45) is 11.7 Å².